The topological polar surface area (TPSA) is 55.2 Å². The number of rotatable bonds is 4. The summed E-state index contributed by atoms with van der Waals surface area (Å²) < 4.78 is 0. The number of aryl methyl sites for hydroxylation is 2. The number of anilines is 1. The fraction of sp³-hybridized carbons (Fsp3) is 0.200. The normalized spacial score (nSPS) is 10.3. The molecule has 0 amide bonds. The Hall–Kier alpha value is -2.07. The van der Waals surface area contributed by atoms with Crippen LogP contribution in [0.15, 0.2) is 36.4 Å². The number of halogens is 1. The van der Waals surface area contributed by atoms with Crippen LogP contribution in [-0.2, 0) is 6.54 Å². The number of nitrogens with one attached hydrogen (secondary N) is 1. The van der Waals surface area contributed by atoms with Gasteiger partial charge in [0.05, 0.1) is 4.92 Å². The lowest BCUT2D eigenvalue weighted by molar-refractivity contribution is -0.384. The maximum absolute atomic E-state index is 10.7. The third-order valence-electron chi connectivity index (χ3n) is 3.26. The molecule has 4 nitrogen and oxygen atoms in total. The van der Waals surface area contributed by atoms with E-state index < -0.39 is 4.92 Å². The number of nitro benzene ring substituents is 1. The van der Waals surface area contributed by atoms with Crippen LogP contribution in [0, 0.1) is 24.0 Å². The van der Waals surface area contributed by atoms with Gasteiger partial charge in [0.15, 0.2) is 0 Å². The Kier molecular flexibility index (Phi) is 4.25. The summed E-state index contributed by atoms with van der Waals surface area (Å²) in [4.78, 5) is 10.2. The van der Waals surface area contributed by atoms with Gasteiger partial charge in [0.2, 0.25) is 0 Å². The van der Waals surface area contributed by atoms with Crippen LogP contribution in [0.5, 0.6) is 0 Å². The van der Waals surface area contributed by atoms with E-state index in [4.69, 9.17) is 11.6 Å². The van der Waals surface area contributed by atoms with Crippen molar-refractivity contribution in [3.05, 3.63) is 68.2 Å². The van der Waals surface area contributed by atoms with Crippen molar-refractivity contribution in [3.8, 4) is 0 Å². The van der Waals surface area contributed by atoms with E-state index >= 15 is 0 Å². The summed E-state index contributed by atoms with van der Waals surface area (Å²) in [6.45, 7) is 4.78. The van der Waals surface area contributed by atoms with Gasteiger partial charge in [0, 0.05) is 18.3 Å². The fourth-order valence-electron chi connectivity index (χ4n) is 2.08. The third-order valence-corrected chi connectivity index (χ3v) is 3.56. The molecule has 0 heterocycles. The average Bonchev–Trinajstić information content (AvgIpc) is 2.37. The molecule has 0 aliphatic carbocycles. The lowest BCUT2D eigenvalue weighted by Gasteiger charge is -2.12. The van der Waals surface area contributed by atoms with Crippen LogP contribution < -0.4 is 5.32 Å². The Labute approximate surface area is 122 Å². The highest BCUT2D eigenvalue weighted by Crippen LogP contribution is 2.27. The van der Waals surface area contributed by atoms with Crippen LogP contribution in [0.4, 0.5) is 11.4 Å². The molecular formula is C15H15ClN2O2. The first-order chi connectivity index (χ1) is 9.49. The number of nitrogens with zero attached hydrogens (tertiary/aromatic N) is 1. The van der Waals surface area contributed by atoms with E-state index in [9.17, 15) is 10.1 Å². The van der Waals surface area contributed by atoms with Gasteiger partial charge in [0.1, 0.15) is 5.02 Å². The van der Waals surface area contributed by atoms with Crippen molar-refractivity contribution in [1.82, 2.24) is 0 Å². The average molecular weight is 291 g/mol. The maximum atomic E-state index is 10.7. The molecule has 0 bridgehead atoms. The van der Waals surface area contributed by atoms with E-state index in [0.717, 1.165) is 5.69 Å². The Morgan fingerprint density at radius 3 is 2.40 bits per heavy atom. The Morgan fingerprint density at radius 1 is 1.20 bits per heavy atom. The molecule has 20 heavy (non-hydrogen) atoms. The van der Waals surface area contributed by atoms with Gasteiger partial charge >= 0.3 is 0 Å². The monoisotopic (exact) mass is 290 g/mol. The summed E-state index contributed by atoms with van der Waals surface area (Å²) in [6.07, 6.45) is 0. The minimum atomic E-state index is -0.488. The first-order valence-corrected chi connectivity index (χ1v) is 6.59. The molecule has 0 unspecified atom stereocenters. The van der Waals surface area contributed by atoms with Gasteiger partial charge in [-0.25, -0.2) is 0 Å². The Bertz CT molecular complexity index is 636. The van der Waals surface area contributed by atoms with Gasteiger partial charge in [-0.15, -0.1) is 0 Å². The second kappa shape index (κ2) is 5.92. The van der Waals surface area contributed by atoms with Crippen molar-refractivity contribution in [2.75, 3.05) is 5.32 Å². The molecule has 5 heteroatoms. The number of nitro groups is 1. The van der Waals surface area contributed by atoms with Crippen molar-refractivity contribution < 1.29 is 4.92 Å². The minimum absolute atomic E-state index is 0.0794. The second-order valence-corrected chi connectivity index (χ2v) is 5.05. The van der Waals surface area contributed by atoms with Crippen LogP contribution in [0.1, 0.15) is 16.7 Å². The molecule has 0 saturated carbocycles. The molecule has 0 spiro atoms. The summed E-state index contributed by atoms with van der Waals surface area (Å²) in [5.74, 6) is 0. The quantitative estimate of drug-likeness (QED) is 0.667. The Balaban J connectivity index is 2.16. The van der Waals surface area contributed by atoms with Crippen molar-refractivity contribution in [3.63, 3.8) is 0 Å². The molecule has 0 atom stereocenters. The zero-order valence-corrected chi connectivity index (χ0v) is 12.1. The summed E-state index contributed by atoms with van der Waals surface area (Å²) in [6, 6.07) is 10.8. The second-order valence-electron chi connectivity index (χ2n) is 4.65. The number of hydrogen-bond donors (Lipinski definition) is 1. The first-order valence-electron chi connectivity index (χ1n) is 6.22. The van der Waals surface area contributed by atoms with E-state index in [1.165, 1.54) is 22.8 Å². The van der Waals surface area contributed by atoms with E-state index in [1.807, 2.05) is 6.07 Å². The lowest BCUT2D eigenvalue weighted by Crippen LogP contribution is -2.03. The smallest absolute Gasteiger partial charge is 0.288 e. The largest absolute Gasteiger partial charge is 0.381 e. The zero-order valence-electron chi connectivity index (χ0n) is 11.3. The molecule has 0 saturated heterocycles. The van der Waals surface area contributed by atoms with E-state index in [0.29, 0.717) is 6.54 Å². The van der Waals surface area contributed by atoms with Crippen LogP contribution in [0.25, 0.3) is 0 Å². The predicted octanol–water partition coefficient (Wildman–Crippen LogP) is 4.48. The predicted molar refractivity (Wildman–Crippen MR) is 81.3 cm³/mol. The zero-order chi connectivity index (χ0) is 14.7. The van der Waals surface area contributed by atoms with Crippen LogP contribution in [0.2, 0.25) is 5.02 Å². The highest BCUT2D eigenvalue weighted by atomic mass is 35.5. The molecule has 2 aromatic carbocycles. The first kappa shape index (κ1) is 14.3. The van der Waals surface area contributed by atoms with Crippen molar-refractivity contribution >= 4 is 23.0 Å². The molecule has 0 radical (unpaired) electrons. The van der Waals surface area contributed by atoms with Gasteiger partial charge in [-0.1, -0.05) is 29.8 Å². The Morgan fingerprint density at radius 2 is 1.85 bits per heavy atom. The van der Waals surface area contributed by atoms with E-state index in [-0.39, 0.29) is 10.7 Å². The lowest BCUT2D eigenvalue weighted by atomic mass is 10.0. The molecule has 104 valence electrons. The van der Waals surface area contributed by atoms with Crippen molar-refractivity contribution in [2.24, 2.45) is 0 Å². The summed E-state index contributed by atoms with van der Waals surface area (Å²) in [7, 11) is 0. The summed E-state index contributed by atoms with van der Waals surface area (Å²) in [5.41, 5.74) is 4.34. The van der Waals surface area contributed by atoms with E-state index in [2.05, 4.69) is 31.3 Å². The molecule has 0 fully saturated rings. The van der Waals surface area contributed by atoms with Gasteiger partial charge in [0.25, 0.3) is 5.69 Å². The molecule has 2 rings (SSSR count). The molecule has 1 N–H and O–H groups in total. The standard InChI is InChI=1S/C15H15ClN2O2/c1-10-4-3-5-11(2)13(10)9-17-12-6-7-15(18(19)20)14(16)8-12/h3-8,17H,9H2,1-2H3. The van der Waals surface area contributed by atoms with Gasteiger partial charge in [-0.05, 0) is 42.7 Å². The summed E-state index contributed by atoms with van der Waals surface area (Å²) >= 11 is 5.89. The summed E-state index contributed by atoms with van der Waals surface area (Å²) in [5, 5.41) is 14.1. The van der Waals surface area contributed by atoms with Crippen LogP contribution in [0.3, 0.4) is 0 Å². The molecular weight excluding hydrogens is 276 g/mol. The highest BCUT2D eigenvalue weighted by Gasteiger charge is 2.12. The molecule has 0 aliphatic rings. The SMILES string of the molecule is Cc1cccc(C)c1CNc1ccc([N+](=O)[O-])c(Cl)c1. The van der Waals surface area contributed by atoms with Gasteiger partial charge in [-0.3, -0.25) is 10.1 Å². The minimum Gasteiger partial charge on any atom is -0.381 e. The van der Waals surface area contributed by atoms with Gasteiger partial charge in [-0.2, -0.15) is 0 Å². The highest BCUT2D eigenvalue weighted by molar-refractivity contribution is 6.32. The molecule has 0 aliphatic heterocycles. The third kappa shape index (κ3) is 3.08. The molecule has 2 aromatic rings. The van der Waals surface area contributed by atoms with Crippen LogP contribution in [-0.4, -0.2) is 4.92 Å². The van der Waals surface area contributed by atoms with Gasteiger partial charge < -0.3 is 5.32 Å². The molecule has 0 aromatic heterocycles. The van der Waals surface area contributed by atoms with Crippen LogP contribution >= 0.6 is 11.6 Å². The number of benzene rings is 2. The van der Waals surface area contributed by atoms with E-state index in [1.54, 1.807) is 12.1 Å². The van der Waals surface area contributed by atoms with Crippen molar-refractivity contribution in [2.45, 2.75) is 20.4 Å². The maximum Gasteiger partial charge on any atom is 0.288 e. The van der Waals surface area contributed by atoms with Crippen molar-refractivity contribution in [1.29, 1.82) is 0 Å². The number of hydrogen-bond acceptors (Lipinski definition) is 3. The fourth-order valence-corrected chi connectivity index (χ4v) is 2.33.